The Morgan fingerprint density at radius 1 is 1.25 bits per heavy atom. The van der Waals surface area contributed by atoms with Gasteiger partial charge in [0.05, 0.1) is 5.92 Å². The first-order valence-electron chi connectivity index (χ1n) is 7.91. The number of hydrogen-bond acceptors (Lipinski definition) is 2. The van der Waals surface area contributed by atoms with Gasteiger partial charge < -0.3 is 10.2 Å². The molecule has 24 heavy (non-hydrogen) atoms. The molecule has 1 aliphatic heterocycles. The highest BCUT2D eigenvalue weighted by atomic mass is 19.1. The predicted octanol–water partition coefficient (Wildman–Crippen LogP) is 3.12. The monoisotopic (exact) mass is 326 g/mol. The van der Waals surface area contributed by atoms with Crippen molar-refractivity contribution < 1.29 is 14.0 Å². The van der Waals surface area contributed by atoms with Crippen LogP contribution in [0, 0.1) is 18.7 Å². The molecule has 0 aliphatic carbocycles. The molecular weight excluding hydrogens is 307 g/mol. The zero-order valence-electron chi connectivity index (χ0n) is 13.5. The van der Waals surface area contributed by atoms with Crippen LogP contribution in [0.25, 0.3) is 0 Å². The molecule has 4 nitrogen and oxygen atoms in total. The van der Waals surface area contributed by atoms with Crippen LogP contribution >= 0.6 is 0 Å². The lowest BCUT2D eigenvalue weighted by Crippen LogP contribution is -2.28. The Hall–Kier alpha value is -2.69. The zero-order valence-corrected chi connectivity index (χ0v) is 13.5. The van der Waals surface area contributed by atoms with Crippen molar-refractivity contribution in [1.29, 1.82) is 0 Å². The standard InChI is InChI=1S/C19H19FN2O2/c1-13-3-2-4-17(9-13)21-19(24)15-10-18(23)22(12-15)11-14-5-7-16(20)8-6-14/h2-9,15H,10-12H2,1H3,(H,21,24)/t15-/m0/s1. The lowest BCUT2D eigenvalue weighted by atomic mass is 10.1. The number of amides is 2. The molecule has 0 spiro atoms. The molecule has 0 saturated carbocycles. The lowest BCUT2D eigenvalue weighted by Gasteiger charge is -2.16. The smallest absolute Gasteiger partial charge is 0.229 e. The summed E-state index contributed by atoms with van der Waals surface area (Å²) >= 11 is 0. The van der Waals surface area contributed by atoms with E-state index < -0.39 is 0 Å². The first kappa shape index (κ1) is 16.2. The summed E-state index contributed by atoms with van der Waals surface area (Å²) < 4.78 is 12.9. The summed E-state index contributed by atoms with van der Waals surface area (Å²) in [4.78, 5) is 26.2. The summed E-state index contributed by atoms with van der Waals surface area (Å²) in [6.45, 7) is 2.74. The van der Waals surface area contributed by atoms with E-state index >= 15 is 0 Å². The van der Waals surface area contributed by atoms with Crippen molar-refractivity contribution in [2.24, 2.45) is 5.92 Å². The largest absolute Gasteiger partial charge is 0.338 e. The van der Waals surface area contributed by atoms with Gasteiger partial charge in [0.1, 0.15) is 5.82 Å². The molecule has 0 radical (unpaired) electrons. The van der Waals surface area contributed by atoms with Crippen molar-refractivity contribution in [2.45, 2.75) is 19.9 Å². The maximum absolute atomic E-state index is 12.9. The molecule has 0 unspecified atom stereocenters. The van der Waals surface area contributed by atoms with Gasteiger partial charge in [0, 0.05) is 25.2 Å². The van der Waals surface area contributed by atoms with Crippen LogP contribution in [0.5, 0.6) is 0 Å². The minimum absolute atomic E-state index is 0.0521. The van der Waals surface area contributed by atoms with E-state index in [0.717, 1.165) is 16.8 Å². The van der Waals surface area contributed by atoms with E-state index in [1.165, 1.54) is 12.1 Å². The number of anilines is 1. The van der Waals surface area contributed by atoms with Gasteiger partial charge in [0.25, 0.3) is 0 Å². The van der Waals surface area contributed by atoms with Crippen LogP contribution in [0.2, 0.25) is 0 Å². The molecule has 0 aromatic heterocycles. The minimum atomic E-state index is -0.363. The molecule has 1 N–H and O–H groups in total. The molecular formula is C19H19FN2O2. The third kappa shape index (κ3) is 3.79. The van der Waals surface area contributed by atoms with Gasteiger partial charge in [0.15, 0.2) is 0 Å². The number of hydrogen-bond donors (Lipinski definition) is 1. The Kier molecular flexibility index (Phi) is 4.60. The SMILES string of the molecule is Cc1cccc(NC(=O)[C@H]2CC(=O)N(Cc3ccc(F)cc3)C2)c1. The molecule has 0 bridgehead atoms. The number of rotatable bonds is 4. The second-order valence-corrected chi connectivity index (χ2v) is 6.16. The highest BCUT2D eigenvalue weighted by molar-refractivity contribution is 5.97. The van der Waals surface area contributed by atoms with Crippen molar-refractivity contribution in [3.63, 3.8) is 0 Å². The van der Waals surface area contributed by atoms with E-state index in [0.29, 0.717) is 13.1 Å². The molecule has 2 aromatic rings. The number of nitrogens with zero attached hydrogens (tertiary/aromatic N) is 1. The Morgan fingerprint density at radius 2 is 2.00 bits per heavy atom. The van der Waals surface area contributed by atoms with Gasteiger partial charge in [-0.3, -0.25) is 9.59 Å². The van der Waals surface area contributed by atoms with Gasteiger partial charge >= 0.3 is 0 Å². The Morgan fingerprint density at radius 3 is 2.71 bits per heavy atom. The van der Waals surface area contributed by atoms with E-state index in [4.69, 9.17) is 0 Å². The van der Waals surface area contributed by atoms with E-state index in [1.807, 2.05) is 31.2 Å². The van der Waals surface area contributed by atoms with Gasteiger partial charge in [-0.05, 0) is 42.3 Å². The molecule has 2 aromatic carbocycles. The molecule has 1 aliphatic rings. The van der Waals surface area contributed by atoms with Crippen LogP contribution in [0.3, 0.4) is 0 Å². The van der Waals surface area contributed by atoms with Crippen molar-refractivity contribution in [2.75, 3.05) is 11.9 Å². The van der Waals surface area contributed by atoms with Gasteiger partial charge in [-0.25, -0.2) is 4.39 Å². The summed E-state index contributed by atoms with van der Waals surface area (Å²) in [5.41, 5.74) is 2.65. The maximum atomic E-state index is 12.9. The first-order valence-corrected chi connectivity index (χ1v) is 7.91. The van der Waals surface area contributed by atoms with Crippen LogP contribution < -0.4 is 5.32 Å². The van der Waals surface area contributed by atoms with Gasteiger partial charge in [-0.2, -0.15) is 0 Å². The average molecular weight is 326 g/mol. The van der Waals surface area contributed by atoms with Crippen LogP contribution in [0.4, 0.5) is 10.1 Å². The van der Waals surface area contributed by atoms with E-state index in [9.17, 15) is 14.0 Å². The van der Waals surface area contributed by atoms with Crippen LogP contribution in [0.15, 0.2) is 48.5 Å². The molecule has 5 heteroatoms. The third-order valence-corrected chi connectivity index (χ3v) is 4.16. The van der Waals surface area contributed by atoms with E-state index in [1.54, 1.807) is 17.0 Å². The summed E-state index contributed by atoms with van der Waals surface area (Å²) in [6.07, 6.45) is 0.207. The van der Waals surface area contributed by atoms with Crippen molar-refractivity contribution in [1.82, 2.24) is 4.90 Å². The average Bonchev–Trinajstić information content (AvgIpc) is 2.91. The van der Waals surface area contributed by atoms with Crippen molar-refractivity contribution in [3.05, 3.63) is 65.5 Å². The van der Waals surface area contributed by atoms with E-state index in [-0.39, 0.29) is 30.0 Å². The number of carbonyl (C=O) groups excluding carboxylic acids is 2. The Balaban J connectivity index is 1.61. The number of aryl methyl sites for hydroxylation is 1. The Bertz CT molecular complexity index is 758. The second kappa shape index (κ2) is 6.83. The molecule has 1 atom stereocenters. The van der Waals surface area contributed by atoms with Gasteiger partial charge in [-0.15, -0.1) is 0 Å². The summed E-state index contributed by atoms with van der Waals surface area (Å²) in [7, 11) is 0. The van der Waals surface area contributed by atoms with E-state index in [2.05, 4.69) is 5.32 Å². The number of likely N-dealkylation sites (tertiary alicyclic amines) is 1. The highest BCUT2D eigenvalue weighted by Crippen LogP contribution is 2.22. The lowest BCUT2D eigenvalue weighted by molar-refractivity contribution is -0.128. The van der Waals surface area contributed by atoms with Crippen molar-refractivity contribution in [3.8, 4) is 0 Å². The third-order valence-electron chi connectivity index (χ3n) is 4.16. The number of nitrogens with one attached hydrogen (secondary N) is 1. The second-order valence-electron chi connectivity index (χ2n) is 6.16. The van der Waals surface area contributed by atoms with Gasteiger partial charge in [-0.1, -0.05) is 24.3 Å². The summed E-state index contributed by atoms with van der Waals surface area (Å²) in [5, 5.41) is 2.87. The molecule has 124 valence electrons. The van der Waals surface area contributed by atoms with Gasteiger partial charge in [0.2, 0.25) is 11.8 Å². The summed E-state index contributed by atoms with van der Waals surface area (Å²) in [6, 6.07) is 13.6. The fraction of sp³-hybridized carbons (Fsp3) is 0.263. The number of benzene rings is 2. The topological polar surface area (TPSA) is 49.4 Å². The normalized spacial score (nSPS) is 17.2. The number of halogens is 1. The fourth-order valence-corrected chi connectivity index (χ4v) is 2.88. The van der Waals surface area contributed by atoms with Crippen LogP contribution in [-0.2, 0) is 16.1 Å². The fourth-order valence-electron chi connectivity index (χ4n) is 2.88. The number of carbonyl (C=O) groups is 2. The minimum Gasteiger partial charge on any atom is -0.338 e. The summed E-state index contributed by atoms with van der Waals surface area (Å²) in [5.74, 6) is -0.861. The first-order chi connectivity index (χ1) is 11.5. The Labute approximate surface area is 140 Å². The van der Waals surface area contributed by atoms with Crippen molar-refractivity contribution >= 4 is 17.5 Å². The highest BCUT2D eigenvalue weighted by Gasteiger charge is 2.34. The molecule has 2 amide bonds. The predicted molar refractivity (Wildman–Crippen MR) is 89.7 cm³/mol. The molecule has 1 fully saturated rings. The quantitative estimate of drug-likeness (QED) is 0.938. The van der Waals surface area contributed by atoms with Crippen LogP contribution in [-0.4, -0.2) is 23.3 Å². The molecule has 3 rings (SSSR count). The molecule has 1 heterocycles. The molecule has 1 saturated heterocycles. The maximum Gasteiger partial charge on any atom is 0.229 e. The zero-order chi connectivity index (χ0) is 17.1. The van der Waals surface area contributed by atoms with Crippen LogP contribution in [0.1, 0.15) is 17.5 Å².